The van der Waals surface area contributed by atoms with Crippen LogP contribution >= 0.6 is 11.3 Å². The maximum atomic E-state index is 12.6. The van der Waals surface area contributed by atoms with E-state index in [0.717, 1.165) is 24.0 Å². The average molecular weight is 404 g/mol. The fourth-order valence-corrected chi connectivity index (χ4v) is 3.53. The third-order valence-electron chi connectivity index (χ3n) is 3.74. The van der Waals surface area contributed by atoms with Crippen molar-refractivity contribution >= 4 is 40.2 Å². The summed E-state index contributed by atoms with van der Waals surface area (Å²) in [6.07, 6.45) is -0.954. The Morgan fingerprint density at radius 1 is 1.11 bits per heavy atom. The molecular formula is C19H20N2O6S. The molecule has 0 fully saturated rings. The number of methoxy groups -OCH3 is 1. The first-order chi connectivity index (χ1) is 13.3. The molecule has 1 heterocycles. The standard InChI is InChI=1S/C19H20N2O6S/c1-5-27-18(24)14-11(3)13(16(23)21-19(25)26-4)17(28-14)20-15(22)12-8-6-7-10(2)9-12/h6-9H,5H2,1-4H3,(H,20,22)(H,21,23,25). The molecule has 2 N–H and O–H groups in total. The van der Waals surface area contributed by atoms with Crippen LogP contribution in [0.25, 0.3) is 0 Å². The Morgan fingerprint density at radius 2 is 1.82 bits per heavy atom. The Hall–Kier alpha value is -3.20. The summed E-state index contributed by atoms with van der Waals surface area (Å²) in [6.45, 7) is 5.20. The predicted molar refractivity (Wildman–Crippen MR) is 104 cm³/mol. The van der Waals surface area contributed by atoms with Gasteiger partial charge < -0.3 is 14.8 Å². The zero-order valence-electron chi connectivity index (χ0n) is 15.9. The lowest BCUT2D eigenvalue weighted by molar-refractivity contribution is 0.0531. The highest BCUT2D eigenvalue weighted by molar-refractivity contribution is 7.18. The molecule has 8 nitrogen and oxygen atoms in total. The van der Waals surface area contributed by atoms with Gasteiger partial charge in [-0.1, -0.05) is 17.7 Å². The topological polar surface area (TPSA) is 111 Å². The average Bonchev–Trinajstić information content (AvgIpc) is 2.97. The first-order valence-corrected chi connectivity index (χ1v) is 9.17. The van der Waals surface area contributed by atoms with Crippen LogP contribution in [0, 0.1) is 13.8 Å². The van der Waals surface area contributed by atoms with E-state index >= 15 is 0 Å². The van der Waals surface area contributed by atoms with Crippen molar-refractivity contribution in [1.29, 1.82) is 0 Å². The highest BCUT2D eigenvalue weighted by Crippen LogP contribution is 2.34. The highest BCUT2D eigenvalue weighted by atomic mass is 32.1. The van der Waals surface area contributed by atoms with Gasteiger partial charge in [0.05, 0.1) is 19.3 Å². The number of aryl methyl sites for hydroxylation is 1. The van der Waals surface area contributed by atoms with Gasteiger partial charge in [-0.25, -0.2) is 9.59 Å². The number of nitrogens with one attached hydrogen (secondary N) is 2. The van der Waals surface area contributed by atoms with Gasteiger partial charge in [-0.2, -0.15) is 0 Å². The summed E-state index contributed by atoms with van der Waals surface area (Å²) >= 11 is 0.905. The summed E-state index contributed by atoms with van der Waals surface area (Å²) < 4.78 is 9.43. The molecule has 0 atom stereocenters. The van der Waals surface area contributed by atoms with Gasteiger partial charge in [-0.15, -0.1) is 11.3 Å². The van der Waals surface area contributed by atoms with E-state index in [0.29, 0.717) is 11.1 Å². The maximum absolute atomic E-state index is 12.6. The van der Waals surface area contributed by atoms with Gasteiger partial charge in [0.15, 0.2) is 0 Å². The summed E-state index contributed by atoms with van der Waals surface area (Å²) in [4.78, 5) is 48.9. The van der Waals surface area contributed by atoms with Gasteiger partial charge >= 0.3 is 12.1 Å². The first-order valence-electron chi connectivity index (χ1n) is 8.36. The number of hydrogen-bond acceptors (Lipinski definition) is 7. The molecule has 0 spiro atoms. The van der Waals surface area contributed by atoms with Crippen molar-refractivity contribution in [2.24, 2.45) is 0 Å². The van der Waals surface area contributed by atoms with E-state index < -0.39 is 23.9 Å². The Kier molecular flexibility index (Phi) is 6.89. The normalized spacial score (nSPS) is 10.1. The number of hydrogen-bond donors (Lipinski definition) is 2. The molecule has 0 saturated carbocycles. The van der Waals surface area contributed by atoms with Crippen LogP contribution in [0.1, 0.15) is 48.4 Å². The molecule has 0 aliphatic heterocycles. The number of ether oxygens (including phenoxy) is 2. The smallest absolute Gasteiger partial charge is 0.413 e. The van der Waals surface area contributed by atoms with Crippen molar-refractivity contribution in [3.63, 3.8) is 0 Å². The maximum Gasteiger partial charge on any atom is 0.413 e. The molecule has 0 aliphatic rings. The predicted octanol–water partition coefficient (Wildman–Crippen LogP) is 3.29. The quantitative estimate of drug-likeness (QED) is 0.740. The number of rotatable bonds is 5. The highest BCUT2D eigenvalue weighted by Gasteiger charge is 2.27. The van der Waals surface area contributed by atoms with Gasteiger partial charge in [-0.3, -0.25) is 14.9 Å². The van der Waals surface area contributed by atoms with Crippen molar-refractivity contribution in [2.75, 3.05) is 19.0 Å². The number of esters is 1. The second kappa shape index (κ2) is 9.14. The van der Waals surface area contributed by atoms with Crippen molar-refractivity contribution in [3.05, 3.63) is 51.4 Å². The number of thiophene rings is 1. The molecule has 0 bridgehead atoms. The van der Waals surface area contributed by atoms with Crippen molar-refractivity contribution < 1.29 is 28.7 Å². The van der Waals surface area contributed by atoms with Gasteiger partial charge in [0.1, 0.15) is 9.88 Å². The fraction of sp³-hybridized carbons (Fsp3) is 0.263. The first kappa shape index (κ1) is 21.1. The van der Waals surface area contributed by atoms with Gasteiger partial charge in [0.25, 0.3) is 11.8 Å². The van der Waals surface area contributed by atoms with Crippen LogP contribution in [0.3, 0.4) is 0 Å². The summed E-state index contributed by atoms with van der Waals surface area (Å²) in [6, 6.07) is 6.90. The summed E-state index contributed by atoms with van der Waals surface area (Å²) in [7, 11) is 1.12. The molecule has 2 aromatic rings. The third kappa shape index (κ3) is 4.74. The lowest BCUT2D eigenvalue weighted by Gasteiger charge is -2.08. The van der Waals surface area contributed by atoms with Crippen LogP contribution in [-0.2, 0) is 9.47 Å². The number of amides is 3. The van der Waals surface area contributed by atoms with Crippen LogP contribution in [0.2, 0.25) is 0 Å². The van der Waals surface area contributed by atoms with Crippen LogP contribution in [-0.4, -0.2) is 37.6 Å². The molecular weight excluding hydrogens is 384 g/mol. The van der Waals surface area contributed by atoms with Crippen molar-refractivity contribution in [1.82, 2.24) is 5.32 Å². The number of carbonyl (C=O) groups excluding carboxylic acids is 4. The Bertz CT molecular complexity index is 935. The third-order valence-corrected chi connectivity index (χ3v) is 4.93. The lowest BCUT2D eigenvalue weighted by atomic mass is 10.1. The SMILES string of the molecule is CCOC(=O)c1sc(NC(=O)c2cccc(C)c2)c(C(=O)NC(=O)OC)c1C. The Balaban J connectivity index is 2.44. The van der Waals surface area contributed by atoms with E-state index in [-0.39, 0.29) is 22.0 Å². The molecule has 0 aliphatic carbocycles. The monoisotopic (exact) mass is 404 g/mol. The molecule has 0 radical (unpaired) electrons. The van der Waals surface area contributed by atoms with Crippen molar-refractivity contribution in [3.8, 4) is 0 Å². The molecule has 1 aromatic heterocycles. The van der Waals surface area contributed by atoms with Gasteiger partial charge in [-0.05, 0) is 38.5 Å². The Morgan fingerprint density at radius 3 is 2.43 bits per heavy atom. The van der Waals surface area contributed by atoms with E-state index in [2.05, 4.69) is 10.1 Å². The molecule has 2 rings (SSSR count). The minimum absolute atomic E-state index is 0.000504. The number of benzene rings is 1. The Labute approximate surface area is 165 Å². The largest absolute Gasteiger partial charge is 0.462 e. The zero-order chi connectivity index (χ0) is 20.8. The molecule has 0 unspecified atom stereocenters. The summed E-state index contributed by atoms with van der Waals surface area (Å²) in [5.74, 6) is -1.86. The molecule has 1 aromatic carbocycles. The second-order valence-corrected chi connectivity index (χ2v) is 6.77. The molecule has 148 valence electrons. The van der Waals surface area contributed by atoms with E-state index in [9.17, 15) is 19.2 Å². The van der Waals surface area contributed by atoms with Crippen LogP contribution in [0.5, 0.6) is 0 Å². The summed E-state index contributed by atoms with van der Waals surface area (Å²) in [5, 5.41) is 4.81. The van der Waals surface area contributed by atoms with E-state index in [4.69, 9.17) is 4.74 Å². The molecule has 9 heteroatoms. The second-order valence-electron chi connectivity index (χ2n) is 5.75. The minimum Gasteiger partial charge on any atom is -0.462 e. The van der Waals surface area contributed by atoms with Gasteiger partial charge in [0, 0.05) is 5.56 Å². The summed E-state index contributed by atoms with van der Waals surface area (Å²) in [5.41, 5.74) is 1.58. The van der Waals surface area contributed by atoms with Gasteiger partial charge in [0.2, 0.25) is 0 Å². The van der Waals surface area contributed by atoms with E-state index in [1.165, 1.54) is 6.92 Å². The number of alkyl carbamates (subject to hydrolysis) is 1. The van der Waals surface area contributed by atoms with Crippen LogP contribution in [0.4, 0.5) is 9.80 Å². The molecule has 28 heavy (non-hydrogen) atoms. The molecule has 0 saturated heterocycles. The van der Waals surface area contributed by atoms with E-state index in [1.807, 2.05) is 18.3 Å². The zero-order valence-corrected chi connectivity index (χ0v) is 16.7. The number of anilines is 1. The lowest BCUT2D eigenvalue weighted by Crippen LogP contribution is -2.31. The van der Waals surface area contributed by atoms with Crippen molar-refractivity contribution in [2.45, 2.75) is 20.8 Å². The number of carbonyl (C=O) groups is 4. The van der Waals surface area contributed by atoms with E-state index in [1.54, 1.807) is 25.1 Å². The molecule has 3 amide bonds. The fourth-order valence-electron chi connectivity index (χ4n) is 2.43. The van der Waals surface area contributed by atoms with Crippen LogP contribution in [0.15, 0.2) is 24.3 Å². The number of imide groups is 1. The minimum atomic E-state index is -0.954. The van der Waals surface area contributed by atoms with Crippen LogP contribution < -0.4 is 10.6 Å².